The van der Waals surface area contributed by atoms with Crippen LogP contribution < -0.4 is 25.0 Å². The molecule has 1 aliphatic heterocycles. The lowest BCUT2D eigenvalue weighted by atomic mass is 10.00. The van der Waals surface area contributed by atoms with E-state index in [9.17, 15) is 29.4 Å². The molecule has 4 heterocycles. The first-order valence-corrected chi connectivity index (χ1v) is 28.5. The van der Waals surface area contributed by atoms with Crippen LogP contribution in [0.2, 0.25) is 0 Å². The van der Waals surface area contributed by atoms with Crippen LogP contribution in [0.1, 0.15) is 64.1 Å². The molecule has 0 amide bonds. The molecule has 6 aromatic carbocycles. The zero-order valence-electron chi connectivity index (χ0n) is 45.4. The molecule has 82 heavy (non-hydrogen) atoms. The van der Waals surface area contributed by atoms with Crippen LogP contribution in [-0.4, -0.2) is 100 Å². The summed E-state index contributed by atoms with van der Waals surface area (Å²) in [6, 6.07) is 48.8. The monoisotopic (exact) mass is 1130 g/mol. The Morgan fingerprint density at radius 1 is 0.561 bits per heavy atom. The highest BCUT2D eigenvalue weighted by Gasteiger charge is 2.24. The predicted molar refractivity (Wildman–Crippen MR) is 321 cm³/mol. The first kappa shape index (κ1) is 57.6. The Morgan fingerprint density at radius 2 is 1.00 bits per heavy atom. The van der Waals surface area contributed by atoms with E-state index < -0.39 is 24.0 Å². The summed E-state index contributed by atoms with van der Waals surface area (Å²) < 4.78 is 17.4. The number of aliphatic carboxylic acids is 2. The highest BCUT2D eigenvalue weighted by Crippen LogP contribution is 2.30. The molecule has 2 atom stereocenters. The van der Waals surface area contributed by atoms with E-state index in [0.717, 1.165) is 69.4 Å². The maximum Gasteiger partial charge on any atom is 0.326 e. The number of carboxylic acid groups (broad SMARTS) is 2. The maximum atomic E-state index is 13.1. The lowest BCUT2D eigenvalue weighted by Gasteiger charge is -2.26. The van der Waals surface area contributed by atoms with Crippen LogP contribution in [0.4, 0.5) is 16.5 Å². The van der Waals surface area contributed by atoms with E-state index in [1.165, 1.54) is 4.88 Å². The van der Waals surface area contributed by atoms with Crippen LogP contribution in [0.3, 0.4) is 0 Å². The smallest absolute Gasteiger partial charge is 0.326 e. The number of anilines is 3. The summed E-state index contributed by atoms with van der Waals surface area (Å²) in [5, 5.41) is 28.0. The fraction of sp³-hybridized carbons (Fsp3) is 0.215. The number of pyridine rings is 1. The lowest BCUT2D eigenvalue weighted by molar-refractivity contribution is -0.138. The van der Waals surface area contributed by atoms with Crippen molar-refractivity contribution in [2.24, 2.45) is 0 Å². The molecule has 1 saturated heterocycles. The number of aromatic nitrogens is 3. The number of carbonyl (C=O) groups is 4. The molecule has 10 rings (SSSR count). The van der Waals surface area contributed by atoms with Gasteiger partial charge in [0.05, 0.1) is 37.8 Å². The highest BCUT2D eigenvalue weighted by molar-refractivity contribution is 7.15. The van der Waals surface area contributed by atoms with E-state index in [2.05, 4.69) is 34.4 Å². The zero-order valence-corrected chi connectivity index (χ0v) is 47.0. The van der Waals surface area contributed by atoms with E-state index in [0.29, 0.717) is 71.2 Å². The summed E-state index contributed by atoms with van der Waals surface area (Å²) in [7, 11) is 0. The van der Waals surface area contributed by atoms with Crippen molar-refractivity contribution in [1.82, 2.24) is 15.0 Å². The van der Waals surface area contributed by atoms with Crippen molar-refractivity contribution in [3.63, 3.8) is 0 Å². The number of ether oxygens (including phenoxy) is 3. The molecule has 0 unspecified atom stereocenters. The minimum Gasteiger partial charge on any atom is -0.493 e. The standard InChI is InChI=1S/C33H29N3O4S.C32H33N3O5S/c1-22-28(36-32(41-22)25-15-18-34-19-16-25)17-20-40-26-13-11-23(12-14-26)21-30(33(38)39)35-29-10-6-5-9-27(29)31(37)24-7-3-2-4-8-24;1-22-27(34-32(41-22)35-16-19-39-20-17-35)15-18-40-25-13-11-23(12-14-25)21-29(31(37)38)33-28-10-6-5-9-26(28)30(36)24-7-3-2-4-8-24/h2-16,18-19,30,35H,17,20-21H2,1H3,(H,38,39);2-14,29,33H,15-21H2,1H3,(H,37,38)/t30-;29-/m00/s1. The third-order valence-corrected chi connectivity index (χ3v) is 15.7. The van der Waals surface area contributed by atoms with Crippen molar-refractivity contribution in [3.05, 3.63) is 237 Å². The number of aryl methyl sites for hydroxylation is 2. The number of para-hydroxylation sites is 2. The molecular weight excluding hydrogens is 1070 g/mol. The number of hydrogen-bond acceptors (Lipinski definition) is 15. The number of benzene rings is 6. The topological polar surface area (TPSA) is 202 Å². The van der Waals surface area contributed by atoms with Gasteiger partial charge in [-0.15, -0.1) is 22.7 Å². The fourth-order valence-corrected chi connectivity index (χ4v) is 11.1. The Bertz CT molecular complexity index is 3560. The van der Waals surface area contributed by atoms with Crippen molar-refractivity contribution < 1.29 is 43.6 Å². The van der Waals surface area contributed by atoms with Crippen LogP contribution in [0.25, 0.3) is 10.6 Å². The molecule has 1 aliphatic rings. The number of carboxylic acids is 2. The number of carbonyl (C=O) groups excluding carboxylic acids is 2. The van der Waals surface area contributed by atoms with Gasteiger partial charge in [0, 0.05) is 100 Å². The largest absolute Gasteiger partial charge is 0.493 e. The molecule has 0 bridgehead atoms. The van der Waals surface area contributed by atoms with Gasteiger partial charge in [0.15, 0.2) is 16.7 Å². The van der Waals surface area contributed by atoms with E-state index in [-0.39, 0.29) is 24.4 Å². The Balaban J connectivity index is 0.000000198. The Hall–Kier alpha value is -9.03. The summed E-state index contributed by atoms with van der Waals surface area (Å²) >= 11 is 3.37. The fourth-order valence-electron chi connectivity index (χ4n) is 9.14. The molecular formula is C65H62N6O9S2. The van der Waals surface area contributed by atoms with Gasteiger partial charge in [-0.2, -0.15) is 0 Å². The maximum absolute atomic E-state index is 13.1. The zero-order chi connectivity index (χ0) is 57.2. The predicted octanol–water partition coefficient (Wildman–Crippen LogP) is 11.7. The van der Waals surface area contributed by atoms with Gasteiger partial charge in [-0.25, -0.2) is 19.6 Å². The molecule has 1 fully saturated rings. The average molecular weight is 1140 g/mol. The minimum absolute atomic E-state index is 0.162. The number of morpholine rings is 1. The minimum atomic E-state index is -1.00. The molecule has 0 radical (unpaired) electrons. The van der Waals surface area contributed by atoms with Crippen LogP contribution >= 0.6 is 22.7 Å². The van der Waals surface area contributed by atoms with Gasteiger partial charge in [0.1, 0.15) is 28.6 Å². The number of hydrogen-bond donors (Lipinski definition) is 4. The average Bonchev–Trinajstić information content (AvgIpc) is 4.19. The molecule has 17 heteroatoms. The second kappa shape index (κ2) is 28.4. The molecule has 4 N–H and O–H groups in total. The molecule has 9 aromatic rings. The summed E-state index contributed by atoms with van der Waals surface area (Å²) in [4.78, 5) is 68.7. The Morgan fingerprint density at radius 3 is 1.48 bits per heavy atom. The second-order valence-electron chi connectivity index (χ2n) is 19.3. The van der Waals surface area contributed by atoms with Crippen LogP contribution in [0.15, 0.2) is 182 Å². The summed E-state index contributed by atoms with van der Waals surface area (Å²) in [5.41, 5.74) is 7.72. The second-order valence-corrected chi connectivity index (χ2v) is 21.7. The molecule has 418 valence electrons. The summed E-state index contributed by atoms with van der Waals surface area (Å²) in [6.45, 7) is 8.33. The van der Waals surface area contributed by atoms with Crippen molar-refractivity contribution in [2.45, 2.75) is 51.6 Å². The number of thiazole rings is 2. The van der Waals surface area contributed by atoms with Gasteiger partial charge in [-0.05, 0) is 85.6 Å². The van der Waals surface area contributed by atoms with Gasteiger partial charge < -0.3 is 40.0 Å². The Labute approximate surface area is 484 Å². The van der Waals surface area contributed by atoms with E-state index in [4.69, 9.17) is 24.2 Å². The van der Waals surface area contributed by atoms with Crippen molar-refractivity contribution in [2.75, 3.05) is 55.1 Å². The summed E-state index contributed by atoms with van der Waals surface area (Å²) in [5.74, 6) is -0.909. The molecule has 0 saturated carbocycles. The van der Waals surface area contributed by atoms with E-state index in [1.54, 1.807) is 132 Å². The quantitative estimate of drug-likeness (QED) is 0.0416. The van der Waals surface area contributed by atoms with Gasteiger partial charge in [-0.3, -0.25) is 14.6 Å². The van der Waals surface area contributed by atoms with Crippen molar-refractivity contribution >= 4 is 62.7 Å². The normalized spacial score (nSPS) is 12.7. The first-order chi connectivity index (χ1) is 39.9. The van der Waals surface area contributed by atoms with Gasteiger partial charge in [0.25, 0.3) is 0 Å². The lowest BCUT2D eigenvalue weighted by Crippen LogP contribution is -2.36. The highest BCUT2D eigenvalue weighted by atomic mass is 32.1. The van der Waals surface area contributed by atoms with Crippen molar-refractivity contribution in [3.8, 4) is 22.1 Å². The van der Waals surface area contributed by atoms with Crippen LogP contribution in [0.5, 0.6) is 11.5 Å². The van der Waals surface area contributed by atoms with E-state index in [1.807, 2.05) is 72.8 Å². The van der Waals surface area contributed by atoms with Crippen molar-refractivity contribution in [1.29, 1.82) is 0 Å². The van der Waals surface area contributed by atoms with Crippen LogP contribution in [0, 0.1) is 13.8 Å². The SMILES string of the molecule is Cc1sc(-c2ccncc2)nc1CCOc1ccc(C[C@H](Nc2ccccc2C(=O)c2ccccc2)C(=O)O)cc1.Cc1sc(N2CCOCC2)nc1CCOc1ccc(C[C@H](Nc2ccccc2C(=O)c2ccccc2)C(=O)O)cc1. The molecule has 15 nitrogen and oxygen atoms in total. The summed E-state index contributed by atoms with van der Waals surface area (Å²) in [6.07, 6.45) is 5.39. The van der Waals surface area contributed by atoms with Gasteiger partial charge in [-0.1, -0.05) is 109 Å². The molecule has 3 aromatic heterocycles. The molecule has 0 spiro atoms. The van der Waals surface area contributed by atoms with Gasteiger partial charge in [0.2, 0.25) is 0 Å². The third-order valence-electron chi connectivity index (χ3n) is 13.6. The van der Waals surface area contributed by atoms with Crippen LogP contribution in [-0.2, 0) is 40.0 Å². The number of rotatable bonds is 24. The Kier molecular flexibility index (Phi) is 20.0. The number of ketones is 2. The van der Waals surface area contributed by atoms with E-state index >= 15 is 0 Å². The number of nitrogens with one attached hydrogen (secondary N) is 2. The van der Waals surface area contributed by atoms with Gasteiger partial charge >= 0.3 is 11.9 Å². The first-order valence-electron chi connectivity index (χ1n) is 26.9. The number of nitrogens with zero attached hydrogens (tertiary/aromatic N) is 4. The molecule has 0 aliphatic carbocycles. The third kappa shape index (κ3) is 15.7.